The number of benzene rings is 2. The Bertz CT molecular complexity index is 1100. The summed E-state index contributed by atoms with van der Waals surface area (Å²) >= 11 is 6.20. The van der Waals surface area contributed by atoms with Crippen molar-refractivity contribution in [3.8, 4) is 5.69 Å². The highest BCUT2D eigenvalue weighted by molar-refractivity contribution is 6.32. The highest BCUT2D eigenvalue weighted by Crippen LogP contribution is 2.31. The molecular formula is C23H22ClF3N4O2. The third kappa shape index (κ3) is 5.55. The number of para-hydroxylation sites is 1. The van der Waals surface area contributed by atoms with Crippen molar-refractivity contribution in [2.45, 2.75) is 12.2 Å². The number of rotatable bonds is 6. The minimum absolute atomic E-state index is 0.211. The van der Waals surface area contributed by atoms with Crippen LogP contribution in [0.25, 0.3) is 5.69 Å². The van der Waals surface area contributed by atoms with Crippen molar-refractivity contribution < 1.29 is 22.7 Å². The second-order valence-electron chi connectivity index (χ2n) is 7.59. The number of alkyl halides is 3. The van der Waals surface area contributed by atoms with Crippen molar-refractivity contribution in [2.75, 3.05) is 32.8 Å². The van der Waals surface area contributed by atoms with Crippen LogP contribution in [-0.2, 0) is 10.9 Å². The van der Waals surface area contributed by atoms with E-state index >= 15 is 0 Å². The van der Waals surface area contributed by atoms with Crippen molar-refractivity contribution in [2.24, 2.45) is 0 Å². The summed E-state index contributed by atoms with van der Waals surface area (Å²) in [6.45, 7) is 2.48. The molecule has 1 aliphatic heterocycles. The van der Waals surface area contributed by atoms with Crippen LogP contribution in [0.4, 0.5) is 13.2 Å². The molecule has 10 heteroatoms. The van der Waals surface area contributed by atoms with Gasteiger partial charge in [0.25, 0.3) is 5.91 Å². The maximum absolute atomic E-state index is 13.0. The molecule has 1 atom stereocenters. The first-order valence-electron chi connectivity index (χ1n) is 10.4. The van der Waals surface area contributed by atoms with Gasteiger partial charge in [-0.05, 0) is 35.9 Å². The maximum Gasteiger partial charge on any atom is 0.416 e. The van der Waals surface area contributed by atoms with Crippen LogP contribution in [0.3, 0.4) is 0 Å². The average molecular weight is 479 g/mol. The van der Waals surface area contributed by atoms with Crippen molar-refractivity contribution in [3.05, 3.63) is 82.6 Å². The Morgan fingerprint density at radius 3 is 2.45 bits per heavy atom. The van der Waals surface area contributed by atoms with Crippen molar-refractivity contribution in [3.63, 3.8) is 0 Å². The molecule has 2 aromatic carbocycles. The van der Waals surface area contributed by atoms with E-state index in [1.807, 2.05) is 6.07 Å². The first kappa shape index (κ1) is 23.3. The summed E-state index contributed by atoms with van der Waals surface area (Å²) in [7, 11) is 0. The predicted molar refractivity (Wildman–Crippen MR) is 117 cm³/mol. The zero-order chi connectivity index (χ0) is 23.4. The van der Waals surface area contributed by atoms with Gasteiger partial charge in [0.05, 0.1) is 35.5 Å². The Balaban J connectivity index is 1.49. The molecule has 33 heavy (non-hydrogen) atoms. The average Bonchev–Trinajstić information content (AvgIpc) is 3.30. The first-order valence-corrected chi connectivity index (χ1v) is 10.8. The second-order valence-corrected chi connectivity index (χ2v) is 8.00. The number of hydrogen-bond acceptors (Lipinski definition) is 4. The Morgan fingerprint density at radius 1 is 1.09 bits per heavy atom. The van der Waals surface area contributed by atoms with Gasteiger partial charge >= 0.3 is 6.18 Å². The molecule has 1 saturated heterocycles. The van der Waals surface area contributed by atoms with E-state index in [0.29, 0.717) is 42.6 Å². The Hall–Kier alpha value is -2.88. The number of carbonyl (C=O) groups excluding carboxylic acids is 1. The number of morpholine rings is 1. The van der Waals surface area contributed by atoms with Crippen LogP contribution in [0.2, 0.25) is 5.02 Å². The van der Waals surface area contributed by atoms with Crippen LogP contribution in [0.1, 0.15) is 27.7 Å². The van der Waals surface area contributed by atoms with Gasteiger partial charge in [0.2, 0.25) is 0 Å². The van der Waals surface area contributed by atoms with E-state index in [1.165, 1.54) is 16.8 Å². The molecule has 3 aromatic rings. The van der Waals surface area contributed by atoms with Gasteiger partial charge in [0, 0.05) is 25.8 Å². The van der Waals surface area contributed by atoms with Gasteiger partial charge in [-0.15, -0.1) is 0 Å². The van der Waals surface area contributed by atoms with Crippen molar-refractivity contribution in [1.82, 2.24) is 20.0 Å². The third-order valence-electron chi connectivity index (χ3n) is 5.49. The normalized spacial score (nSPS) is 15.9. The quantitative estimate of drug-likeness (QED) is 0.572. The predicted octanol–water partition coefficient (Wildman–Crippen LogP) is 4.35. The van der Waals surface area contributed by atoms with Crippen molar-refractivity contribution >= 4 is 17.5 Å². The largest absolute Gasteiger partial charge is 0.416 e. The molecular weight excluding hydrogens is 457 g/mol. The zero-order valence-corrected chi connectivity index (χ0v) is 18.3. The molecule has 1 aromatic heterocycles. The molecule has 0 saturated carbocycles. The lowest BCUT2D eigenvalue weighted by molar-refractivity contribution is -0.137. The second kappa shape index (κ2) is 9.94. The number of aromatic nitrogens is 2. The summed E-state index contributed by atoms with van der Waals surface area (Å²) in [5, 5.41) is 7.67. The lowest BCUT2D eigenvalue weighted by Crippen LogP contribution is -2.43. The van der Waals surface area contributed by atoms with E-state index in [2.05, 4.69) is 15.3 Å². The molecule has 1 fully saturated rings. The van der Waals surface area contributed by atoms with Gasteiger partial charge < -0.3 is 10.1 Å². The number of halogens is 4. The molecule has 4 rings (SSSR count). The molecule has 6 nitrogen and oxygen atoms in total. The summed E-state index contributed by atoms with van der Waals surface area (Å²) in [4.78, 5) is 14.9. The number of carbonyl (C=O) groups is 1. The summed E-state index contributed by atoms with van der Waals surface area (Å²) in [5.41, 5.74) is 0.838. The lowest BCUT2D eigenvalue weighted by Gasteiger charge is -2.35. The summed E-state index contributed by atoms with van der Waals surface area (Å²) in [5.74, 6) is -0.383. The van der Waals surface area contributed by atoms with Crippen LogP contribution in [0.5, 0.6) is 0 Å². The maximum atomic E-state index is 13.0. The smallest absolute Gasteiger partial charge is 0.379 e. The van der Waals surface area contributed by atoms with Gasteiger partial charge in [-0.3, -0.25) is 9.69 Å². The fraction of sp³-hybridized carbons (Fsp3) is 0.304. The molecule has 0 radical (unpaired) electrons. The molecule has 174 valence electrons. The summed E-state index contributed by atoms with van der Waals surface area (Å²) in [6.07, 6.45) is -2.76. The molecule has 0 aliphatic carbocycles. The van der Waals surface area contributed by atoms with E-state index < -0.39 is 11.7 Å². The fourth-order valence-corrected chi connectivity index (χ4v) is 3.96. The minimum Gasteiger partial charge on any atom is -0.379 e. The number of hydrogen-bond donors (Lipinski definition) is 1. The van der Waals surface area contributed by atoms with Gasteiger partial charge in [-0.2, -0.15) is 18.3 Å². The van der Waals surface area contributed by atoms with E-state index in [4.69, 9.17) is 16.3 Å². The standard InChI is InChI=1S/C23H22ClF3N4O2/c24-18-3-1-2-4-20(18)31-10-9-19(29-31)22(32)28-15-21(30-11-13-33-14-12-30)16-5-7-17(8-6-16)23(25,26)27/h1-10,21H,11-15H2,(H,28,32). The highest BCUT2D eigenvalue weighted by atomic mass is 35.5. The van der Waals surface area contributed by atoms with E-state index in [9.17, 15) is 18.0 Å². The molecule has 0 spiro atoms. The molecule has 1 N–H and O–H groups in total. The van der Waals surface area contributed by atoms with Crippen LogP contribution >= 0.6 is 11.6 Å². The van der Waals surface area contributed by atoms with E-state index in [-0.39, 0.29) is 24.2 Å². The Morgan fingerprint density at radius 2 is 1.79 bits per heavy atom. The minimum atomic E-state index is -4.40. The van der Waals surface area contributed by atoms with Crippen LogP contribution in [0, 0.1) is 0 Å². The molecule has 1 unspecified atom stereocenters. The van der Waals surface area contributed by atoms with Crippen molar-refractivity contribution in [1.29, 1.82) is 0 Å². The highest BCUT2D eigenvalue weighted by Gasteiger charge is 2.31. The third-order valence-corrected chi connectivity index (χ3v) is 5.81. The van der Waals surface area contributed by atoms with Crippen LogP contribution < -0.4 is 5.32 Å². The van der Waals surface area contributed by atoms with Gasteiger partial charge in [0.1, 0.15) is 0 Å². The topological polar surface area (TPSA) is 59.4 Å². The molecule has 1 amide bonds. The van der Waals surface area contributed by atoms with Crippen LogP contribution in [-0.4, -0.2) is 53.4 Å². The Labute approximate surface area is 193 Å². The van der Waals surface area contributed by atoms with E-state index in [0.717, 1.165) is 12.1 Å². The zero-order valence-electron chi connectivity index (χ0n) is 17.6. The number of ether oxygens (including phenoxy) is 1. The summed E-state index contributed by atoms with van der Waals surface area (Å²) < 4.78 is 45.8. The van der Waals surface area contributed by atoms with E-state index in [1.54, 1.807) is 30.5 Å². The van der Waals surface area contributed by atoms with Crippen LogP contribution in [0.15, 0.2) is 60.8 Å². The van der Waals surface area contributed by atoms with Gasteiger partial charge in [-0.25, -0.2) is 4.68 Å². The van der Waals surface area contributed by atoms with Gasteiger partial charge in [0.15, 0.2) is 5.69 Å². The SMILES string of the molecule is O=C(NCC(c1ccc(C(F)(F)F)cc1)N1CCOCC1)c1ccn(-c2ccccc2Cl)n1. The first-order chi connectivity index (χ1) is 15.8. The van der Waals surface area contributed by atoms with Gasteiger partial charge in [-0.1, -0.05) is 35.9 Å². The number of amides is 1. The molecule has 0 bridgehead atoms. The Kier molecular flexibility index (Phi) is 7.02. The monoisotopic (exact) mass is 478 g/mol. The number of nitrogens with zero attached hydrogens (tertiary/aromatic N) is 3. The summed E-state index contributed by atoms with van der Waals surface area (Å²) in [6, 6.07) is 13.5. The molecule has 2 heterocycles. The lowest BCUT2D eigenvalue weighted by atomic mass is 10.0. The number of nitrogens with one attached hydrogen (secondary N) is 1. The molecule has 1 aliphatic rings. The fourth-order valence-electron chi connectivity index (χ4n) is 3.74.